The molecule has 0 spiro atoms. The van der Waals surface area contributed by atoms with Gasteiger partial charge in [-0.1, -0.05) is 44.2 Å². The first-order valence-electron chi connectivity index (χ1n) is 7.01. The summed E-state index contributed by atoms with van der Waals surface area (Å²) in [5.41, 5.74) is 2.53. The van der Waals surface area contributed by atoms with Crippen LogP contribution in [0.25, 0.3) is 0 Å². The summed E-state index contributed by atoms with van der Waals surface area (Å²) < 4.78 is 0. The molecule has 0 fully saturated rings. The molecular weight excluding hydrogens is 234 g/mol. The Morgan fingerprint density at radius 2 is 1.95 bits per heavy atom. The molecule has 19 heavy (non-hydrogen) atoms. The van der Waals surface area contributed by atoms with Gasteiger partial charge in [-0.3, -0.25) is 0 Å². The van der Waals surface area contributed by atoms with Crippen molar-refractivity contribution in [3.63, 3.8) is 0 Å². The van der Waals surface area contributed by atoms with Crippen LogP contribution < -0.4 is 5.32 Å². The number of imidazole rings is 1. The predicted molar refractivity (Wildman–Crippen MR) is 79.0 cm³/mol. The molecule has 0 aliphatic rings. The SMILES string of the molecule is CC(C)CNCc1cnc(CCc2ccccc2)[nH]1. The van der Waals surface area contributed by atoms with Gasteiger partial charge in [0.15, 0.2) is 0 Å². The van der Waals surface area contributed by atoms with E-state index in [0.29, 0.717) is 5.92 Å². The van der Waals surface area contributed by atoms with E-state index >= 15 is 0 Å². The molecule has 1 heterocycles. The van der Waals surface area contributed by atoms with Gasteiger partial charge in [0, 0.05) is 24.9 Å². The van der Waals surface area contributed by atoms with Crippen molar-refractivity contribution in [1.82, 2.24) is 15.3 Å². The highest BCUT2D eigenvalue weighted by Gasteiger charge is 2.02. The number of hydrogen-bond acceptors (Lipinski definition) is 2. The molecule has 0 aliphatic heterocycles. The Morgan fingerprint density at radius 1 is 1.16 bits per heavy atom. The maximum atomic E-state index is 4.43. The van der Waals surface area contributed by atoms with Crippen molar-refractivity contribution in [2.24, 2.45) is 5.92 Å². The van der Waals surface area contributed by atoms with Crippen molar-refractivity contribution < 1.29 is 0 Å². The Balaban J connectivity index is 1.77. The first-order chi connectivity index (χ1) is 9.24. The van der Waals surface area contributed by atoms with Crippen molar-refractivity contribution in [2.45, 2.75) is 33.2 Å². The molecule has 0 unspecified atom stereocenters. The lowest BCUT2D eigenvalue weighted by molar-refractivity contribution is 0.548. The summed E-state index contributed by atoms with van der Waals surface area (Å²) >= 11 is 0. The Labute approximate surface area is 115 Å². The molecule has 0 amide bonds. The minimum absolute atomic E-state index is 0.681. The molecule has 2 rings (SSSR count). The Bertz CT molecular complexity index is 474. The first-order valence-corrected chi connectivity index (χ1v) is 7.01. The van der Waals surface area contributed by atoms with Crippen LogP contribution in [0.3, 0.4) is 0 Å². The number of H-pyrrole nitrogens is 1. The van der Waals surface area contributed by atoms with Crippen molar-refractivity contribution in [2.75, 3.05) is 6.54 Å². The van der Waals surface area contributed by atoms with E-state index in [1.54, 1.807) is 0 Å². The van der Waals surface area contributed by atoms with Crippen molar-refractivity contribution >= 4 is 0 Å². The Morgan fingerprint density at radius 3 is 2.68 bits per heavy atom. The maximum Gasteiger partial charge on any atom is 0.106 e. The number of nitrogens with one attached hydrogen (secondary N) is 2. The lowest BCUT2D eigenvalue weighted by atomic mass is 10.1. The molecule has 0 aliphatic carbocycles. The van der Waals surface area contributed by atoms with Crippen molar-refractivity contribution in [1.29, 1.82) is 0 Å². The molecule has 0 saturated heterocycles. The van der Waals surface area contributed by atoms with E-state index in [0.717, 1.165) is 31.8 Å². The number of aromatic nitrogens is 2. The van der Waals surface area contributed by atoms with Gasteiger partial charge in [-0.05, 0) is 24.4 Å². The van der Waals surface area contributed by atoms with E-state index in [9.17, 15) is 0 Å². The molecule has 0 radical (unpaired) electrons. The number of nitrogens with zero attached hydrogens (tertiary/aromatic N) is 1. The quantitative estimate of drug-likeness (QED) is 0.800. The number of benzene rings is 1. The van der Waals surface area contributed by atoms with Gasteiger partial charge in [-0.25, -0.2) is 4.98 Å². The van der Waals surface area contributed by atoms with E-state index in [1.807, 2.05) is 6.20 Å². The molecule has 0 saturated carbocycles. The van der Waals surface area contributed by atoms with Gasteiger partial charge in [-0.2, -0.15) is 0 Å². The number of aryl methyl sites for hydroxylation is 2. The van der Waals surface area contributed by atoms with Crippen LogP contribution >= 0.6 is 0 Å². The highest BCUT2D eigenvalue weighted by Crippen LogP contribution is 2.05. The summed E-state index contributed by atoms with van der Waals surface area (Å²) in [5, 5.41) is 3.42. The normalized spacial score (nSPS) is 11.1. The van der Waals surface area contributed by atoms with Crippen LogP contribution in [0.15, 0.2) is 36.5 Å². The van der Waals surface area contributed by atoms with E-state index in [1.165, 1.54) is 11.3 Å². The average molecular weight is 257 g/mol. The minimum atomic E-state index is 0.681. The third-order valence-corrected chi connectivity index (χ3v) is 3.04. The topological polar surface area (TPSA) is 40.7 Å². The molecule has 2 aromatic rings. The molecule has 0 atom stereocenters. The second kappa shape index (κ2) is 7.10. The maximum absolute atomic E-state index is 4.43. The van der Waals surface area contributed by atoms with Crippen LogP contribution in [-0.4, -0.2) is 16.5 Å². The Kier molecular flexibility index (Phi) is 5.16. The average Bonchev–Trinajstić information content (AvgIpc) is 2.85. The molecule has 0 bridgehead atoms. The summed E-state index contributed by atoms with van der Waals surface area (Å²) in [7, 11) is 0. The van der Waals surface area contributed by atoms with Crippen LogP contribution in [-0.2, 0) is 19.4 Å². The molecule has 2 N–H and O–H groups in total. The molecule has 102 valence electrons. The van der Waals surface area contributed by atoms with Crippen molar-refractivity contribution in [3.05, 3.63) is 53.6 Å². The zero-order valence-electron chi connectivity index (χ0n) is 11.8. The smallest absolute Gasteiger partial charge is 0.106 e. The third kappa shape index (κ3) is 4.87. The number of hydrogen-bond donors (Lipinski definition) is 2. The second-order valence-corrected chi connectivity index (χ2v) is 5.37. The van der Waals surface area contributed by atoms with Gasteiger partial charge in [0.2, 0.25) is 0 Å². The van der Waals surface area contributed by atoms with Gasteiger partial charge in [-0.15, -0.1) is 0 Å². The van der Waals surface area contributed by atoms with Crippen LogP contribution in [0.2, 0.25) is 0 Å². The highest BCUT2D eigenvalue weighted by molar-refractivity contribution is 5.15. The lowest BCUT2D eigenvalue weighted by Gasteiger charge is -2.05. The Hall–Kier alpha value is -1.61. The fourth-order valence-electron chi connectivity index (χ4n) is 2.03. The van der Waals surface area contributed by atoms with Gasteiger partial charge in [0.05, 0.1) is 0 Å². The summed E-state index contributed by atoms with van der Waals surface area (Å²) in [6.07, 6.45) is 3.94. The summed E-state index contributed by atoms with van der Waals surface area (Å²) in [4.78, 5) is 7.82. The van der Waals surface area contributed by atoms with Crippen LogP contribution in [0.5, 0.6) is 0 Å². The van der Waals surface area contributed by atoms with Gasteiger partial charge in [0.25, 0.3) is 0 Å². The zero-order chi connectivity index (χ0) is 13.5. The lowest BCUT2D eigenvalue weighted by Crippen LogP contribution is -2.19. The molecule has 3 heteroatoms. The first kappa shape index (κ1) is 13.8. The molecule has 3 nitrogen and oxygen atoms in total. The van der Waals surface area contributed by atoms with E-state index in [2.05, 4.69) is 59.5 Å². The largest absolute Gasteiger partial charge is 0.345 e. The van der Waals surface area contributed by atoms with Crippen molar-refractivity contribution in [3.8, 4) is 0 Å². The van der Waals surface area contributed by atoms with E-state index in [4.69, 9.17) is 0 Å². The monoisotopic (exact) mass is 257 g/mol. The van der Waals surface area contributed by atoms with Gasteiger partial charge in [0.1, 0.15) is 5.82 Å². The van der Waals surface area contributed by atoms with Crippen LogP contribution in [0, 0.1) is 5.92 Å². The molecular formula is C16H23N3. The summed E-state index contributed by atoms with van der Waals surface area (Å²) in [6, 6.07) is 10.5. The standard InChI is InChI=1S/C16H23N3/c1-13(2)10-17-11-15-12-18-16(19-15)9-8-14-6-4-3-5-7-14/h3-7,12-13,17H,8-11H2,1-2H3,(H,18,19). The van der Waals surface area contributed by atoms with Crippen LogP contribution in [0.4, 0.5) is 0 Å². The second-order valence-electron chi connectivity index (χ2n) is 5.37. The van der Waals surface area contributed by atoms with Crippen LogP contribution in [0.1, 0.15) is 30.9 Å². The van der Waals surface area contributed by atoms with Gasteiger partial charge >= 0.3 is 0 Å². The molecule has 1 aromatic heterocycles. The number of rotatable bonds is 7. The highest BCUT2D eigenvalue weighted by atomic mass is 15.0. The fraction of sp³-hybridized carbons (Fsp3) is 0.438. The predicted octanol–water partition coefficient (Wildman–Crippen LogP) is 2.94. The summed E-state index contributed by atoms with van der Waals surface area (Å²) in [6.45, 7) is 6.34. The zero-order valence-corrected chi connectivity index (χ0v) is 11.8. The van der Waals surface area contributed by atoms with E-state index < -0.39 is 0 Å². The van der Waals surface area contributed by atoms with E-state index in [-0.39, 0.29) is 0 Å². The third-order valence-electron chi connectivity index (χ3n) is 3.04. The fourth-order valence-corrected chi connectivity index (χ4v) is 2.03. The minimum Gasteiger partial charge on any atom is -0.345 e. The summed E-state index contributed by atoms with van der Waals surface area (Å²) in [5.74, 6) is 1.76. The molecule has 1 aromatic carbocycles. The number of aromatic amines is 1. The van der Waals surface area contributed by atoms with Gasteiger partial charge < -0.3 is 10.3 Å².